The van der Waals surface area contributed by atoms with Gasteiger partial charge in [-0.15, -0.1) is 0 Å². The molecular formula is C26H34N8O3. The molecule has 0 aliphatic heterocycles. The lowest BCUT2D eigenvalue weighted by molar-refractivity contribution is -0.131. The number of rotatable bonds is 13. The number of benzene rings is 2. The normalized spacial score (nSPS) is 13.3. The van der Waals surface area contributed by atoms with Gasteiger partial charge in [0, 0.05) is 30.1 Å². The van der Waals surface area contributed by atoms with E-state index in [2.05, 4.69) is 20.6 Å². The van der Waals surface area contributed by atoms with Gasteiger partial charge in [-0.3, -0.25) is 19.4 Å². The van der Waals surface area contributed by atoms with Crippen LogP contribution < -0.4 is 33.6 Å². The Morgan fingerprint density at radius 1 is 0.865 bits per heavy atom. The van der Waals surface area contributed by atoms with Crippen LogP contribution in [-0.2, 0) is 27.2 Å². The van der Waals surface area contributed by atoms with Gasteiger partial charge in [-0.05, 0) is 36.5 Å². The molecule has 0 aliphatic rings. The number of hydrogen-bond donors (Lipinski definition) is 7. The van der Waals surface area contributed by atoms with Crippen LogP contribution in [0.2, 0.25) is 0 Å². The van der Waals surface area contributed by atoms with E-state index in [0.29, 0.717) is 12.8 Å². The molecule has 37 heavy (non-hydrogen) atoms. The highest BCUT2D eigenvalue weighted by molar-refractivity contribution is 5.93. The fourth-order valence-electron chi connectivity index (χ4n) is 4.03. The lowest BCUT2D eigenvalue weighted by Gasteiger charge is -2.23. The van der Waals surface area contributed by atoms with E-state index in [1.54, 1.807) is 6.20 Å². The SMILES string of the molecule is NC(=O)[C@@H](Cc1c[nH]c2ccccc12)NC(=O)[C@H](CCCN=C(N)N)NC(=O)[C@H](N)Cc1ccccc1. The third-order valence-corrected chi connectivity index (χ3v) is 5.97. The predicted octanol–water partition coefficient (Wildman–Crippen LogP) is -0.211. The third-order valence-electron chi connectivity index (χ3n) is 5.97. The number of nitrogens with one attached hydrogen (secondary N) is 3. The Labute approximate surface area is 215 Å². The molecule has 0 aliphatic carbocycles. The molecule has 0 unspecified atom stereocenters. The number of nitrogens with two attached hydrogens (primary N) is 4. The van der Waals surface area contributed by atoms with E-state index in [-0.39, 0.29) is 25.3 Å². The van der Waals surface area contributed by atoms with Crippen LogP contribution in [-0.4, -0.2) is 53.3 Å². The van der Waals surface area contributed by atoms with E-state index < -0.39 is 35.8 Å². The maximum absolute atomic E-state index is 13.2. The summed E-state index contributed by atoms with van der Waals surface area (Å²) in [5.41, 5.74) is 25.1. The summed E-state index contributed by atoms with van der Waals surface area (Å²) in [6.07, 6.45) is 2.91. The summed E-state index contributed by atoms with van der Waals surface area (Å²) in [4.78, 5) is 45.4. The van der Waals surface area contributed by atoms with Gasteiger partial charge in [0.25, 0.3) is 0 Å². The van der Waals surface area contributed by atoms with Crippen molar-refractivity contribution in [1.82, 2.24) is 15.6 Å². The van der Waals surface area contributed by atoms with E-state index in [4.69, 9.17) is 22.9 Å². The van der Waals surface area contributed by atoms with Crippen molar-refractivity contribution in [2.75, 3.05) is 6.54 Å². The molecule has 1 aromatic heterocycles. The van der Waals surface area contributed by atoms with Crippen LogP contribution in [0.4, 0.5) is 0 Å². The average Bonchev–Trinajstić information content (AvgIpc) is 3.28. The molecule has 3 rings (SSSR count). The van der Waals surface area contributed by atoms with Crippen molar-refractivity contribution < 1.29 is 14.4 Å². The minimum Gasteiger partial charge on any atom is -0.370 e. The van der Waals surface area contributed by atoms with Crippen molar-refractivity contribution in [3.8, 4) is 0 Å². The number of carbonyl (C=O) groups excluding carboxylic acids is 3. The second-order valence-electron chi connectivity index (χ2n) is 8.83. The summed E-state index contributed by atoms with van der Waals surface area (Å²) < 4.78 is 0. The predicted molar refractivity (Wildman–Crippen MR) is 143 cm³/mol. The van der Waals surface area contributed by atoms with Gasteiger partial charge < -0.3 is 38.6 Å². The number of carbonyl (C=O) groups is 3. The lowest BCUT2D eigenvalue weighted by Crippen LogP contribution is -2.56. The first-order valence-corrected chi connectivity index (χ1v) is 12.0. The van der Waals surface area contributed by atoms with Gasteiger partial charge >= 0.3 is 0 Å². The quantitative estimate of drug-likeness (QED) is 0.0947. The number of amides is 3. The fourth-order valence-corrected chi connectivity index (χ4v) is 4.03. The molecule has 196 valence electrons. The summed E-state index contributed by atoms with van der Waals surface area (Å²) >= 11 is 0. The number of nitrogens with zero attached hydrogens (tertiary/aromatic N) is 1. The highest BCUT2D eigenvalue weighted by Crippen LogP contribution is 2.19. The molecule has 1 heterocycles. The van der Waals surface area contributed by atoms with Crippen molar-refractivity contribution >= 4 is 34.6 Å². The van der Waals surface area contributed by atoms with Crippen molar-refractivity contribution in [3.63, 3.8) is 0 Å². The molecule has 11 heteroatoms. The zero-order valence-corrected chi connectivity index (χ0v) is 20.5. The molecule has 11 N–H and O–H groups in total. The molecule has 0 radical (unpaired) electrons. The van der Waals surface area contributed by atoms with Crippen molar-refractivity contribution in [2.24, 2.45) is 27.9 Å². The van der Waals surface area contributed by atoms with E-state index in [1.807, 2.05) is 54.6 Å². The largest absolute Gasteiger partial charge is 0.370 e. The minimum absolute atomic E-state index is 0.0672. The first-order valence-electron chi connectivity index (χ1n) is 12.0. The number of H-pyrrole nitrogens is 1. The molecule has 3 amide bonds. The minimum atomic E-state index is -0.984. The van der Waals surface area contributed by atoms with Gasteiger partial charge in [0.05, 0.1) is 6.04 Å². The maximum Gasteiger partial charge on any atom is 0.243 e. The Balaban J connectivity index is 1.70. The molecule has 0 saturated heterocycles. The van der Waals surface area contributed by atoms with E-state index in [0.717, 1.165) is 22.0 Å². The van der Waals surface area contributed by atoms with Crippen LogP contribution in [0.5, 0.6) is 0 Å². The Morgan fingerprint density at radius 3 is 2.24 bits per heavy atom. The highest BCUT2D eigenvalue weighted by Gasteiger charge is 2.27. The first kappa shape index (κ1) is 27.2. The van der Waals surface area contributed by atoms with Gasteiger partial charge in [-0.2, -0.15) is 0 Å². The molecule has 2 aromatic carbocycles. The van der Waals surface area contributed by atoms with Crippen LogP contribution in [0.1, 0.15) is 24.0 Å². The smallest absolute Gasteiger partial charge is 0.243 e. The van der Waals surface area contributed by atoms with Crippen LogP contribution >= 0.6 is 0 Å². The third kappa shape index (κ3) is 8.07. The Kier molecular flexibility index (Phi) is 9.61. The van der Waals surface area contributed by atoms with Crippen LogP contribution in [0.15, 0.2) is 65.8 Å². The number of aliphatic imine (C=N–C) groups is 1. The van der Waals surface area contributed by atoms with Gasteiger partial charge in [-0.25, -0.2) is 0 Å². The molecule has 0 bridgehead atoms. The molecule has 11 nitrogen and oxygen atoms in total. The van der Waals surface area contributed by atoms with E-state index in [1.165, 1.54) is 0 Å². The van der Waals surface area contributed by atoms with Crippen LogP contribution in [0.3, 0.4) is 0 Å². The van der Waals surface area contributed by atoms with Crippen molar-refractivity contribution in [1.29, 1.82) is 0 Å². The number of aromatic nitrogens is 1. The summed E-state index contributed by atoms with van der Waals surface area (Å²) in [7, 11) is 0. The van der Waals surface area contributed by atoms with Gasteiger partial charge in [0.2, 0.25) is 17.7 Å². The zero-order chi connectivity index (χ0) is 26.8. The molecule has 0 fully saturated rings. The van der Waals surface area contributed by atoms with Gasteiger partial charge in [0.15, 0.2) is 5.96 Å². The lowest BCUT2D eigenvalue weighted by atomic mass is 10.0. The van der Waals surface area contributed by atoms with Crippen molar-refractivity contribution in [3.05, 3.63) is 71.9 Å². The standard InChI is InChI=1S/C26H34N8O3/c27-19(13-16-7-2-1-3-8-16)24(36)33-21(11-6-12-31-26(29)30)25(37)34-22(23(28)35)14-17-15-32-20-10-5-4-9-18(17)20/h1-5,7-10,15,19,21-22,32H,6,11-14,27H2,(H2,28,35)(H,33,36)(H,34,37)(H4,29,30,31)/t19-,21+,22-/m1/s1. The number of guanidine groups is 1. The second kappa shape index (κ2) is 13.1. The molecule has 0 spiro atoms. The summed E-state index contributed by atoms with van der Waals surface area (Å²) in [6, 6.07) is 14.1. The first-order chi connectivity index (χ1) is 17.7. The van der Waals surface area contributed by atoms with Gasteiger partial charge in [-0.1, -0.05) is 48.5 Å². The highest BCUT2D eigenvalue weighted by atomic mass is 16.2. The summed E-state index contributed by atoms with van der Waals surface area (Å²) in [6.45, 7) is 0.270. The monoisotopic (exact) mass is 506 g/mol. The number of fused-ring (bicyclic) bond motifs is 1. The molecule has 3 atom stereocenters. The fraction of sp³-hybridized carbons (Fsp3) is 0.308. The number of aromatic amines is 1. The second-order valence-corrected chi connectivity index (χ2v) is 8.83. The number of primary amides is 1. The summed E-state index contributed by atoms with van der Waals surface area (Å²) in [5.74, 6) is -1.79. The van der Waals surface area contributed by atoms with Crippen LogP contribution in [0, 0.1) is 0 Å². The van der Waals surface area contributed by atoms with Crippen LogP contribution in [0.25, 0.3) is 10.9 Å². The Bertz CT molecular complexity index is 1240. The Hall–Kier alpha value is -4.38. The van der Waals surface area contributed by atoms with E-state index >= 15 is 0 Å². The zero-order valence-electron chi connectivity index (χ0n) is 20.5. The molecular weight excluding hydrogens is 472 g/mol. The van der Waals surface area contributed by atoms with Gasteiger partial charge in [0.1, 0.15) is 12.1 Å². The molecule has 3 aromatic rings. The van der Waals surface area contributed by atoms with E-state index in [9.17, 15) is 14.4 Å². The molecule has 0 saturated carbocycles. The maximum atomic E-state index is 13.2. The topological polar surface area (TPSA) is 208 Å². The summed E-state index contributed by atoms with van der Waals surface area (Å²) in [5, 5.41) is 6.34. The number of para-hydroxylation sites is 1. The number of hydrogen-bond acceptors (Lipinski definition) is 5. The average molecular weight is 507 g/mol. The Morgan fingerprint density at radius 2 is 1.54 bits per heavy atom. The van der Waals surface area contributed by atoms with Crippen molar-refractivity contribution in [2.45, 2.75) is 43.8 Å².